The number of nitrogens with zero attached hydrogens (tertiary/aromatic N) is 2. The quantitative estimate of drug-likeness (QED) is 0.867. The van der Waals surface area contributed by atoms with E-state index >= 15 is 0 Å². The van der Waals surface area contributed by atoms with Gasteiger partial charge in [-0.3, -0.25) is 4.90 Å². The first-order valence-electron chi connectivity index (χ1n) is 7.53. The van der Waals surface area contributed by atoms with Gasteiger partial charge >= 0.3 is 0 Å². The Balaban J connectivity index is 1.79. The Morgan fingerprint density at radius 3 is 3.05 bits per heavy atom. The Morgan fingerprint density at radius 1 is 1.47 bits per heavy atom. The molecule has 1 aliphatic heterocycles. The number of rotatable bonds is 6. The van der Waals surface area contributed by atoms with Crippen LogP contribution in [-0.4, -0.2) is 29.0 Å². The average molecular weight is 281 g/mol. The molecule has 0 aliphatic carbocycles. The van der Waals surface area contributed by atoms with Crippen LogP contribution >= 0.6 is 11.3 Å². The van der Waals surface area contributed by atoms with Crippen LogP contribution in [0.1, 0.15) is 49.9 Å². The van der Waals surface area contributed by atoms with Gasteiger partial charge in [-0.05, 0) is 38.8 Å². The van der Waals surface area contributed by atoms with E-state index in [1.165, 1.54) is 35.7 Å². The van der Waals surface area contributed by atoms with Gasteiger partial charge in [0.25, 0.3) is 0 Å². The molecule has 0 saturated carbocycles. The molecule has 1 fully saturated rings. The number of piperidine rings is 1. The van der Waals surface area contributed by atoms with E-state index in [0.717, 1.165) is 25.7 Å². The molecule has 3 nitrogen and oxygen atoms in total. The molecule has 1 aromatic rings. The predicted molar refractivity (Wildman–Crippen MR) is 82.4 cm³/mol. The number of hydrogen-bond acceptors (Lipinski definition) is 4. The molecule has 19 heavy (non-hydrogen) atoms. The monoisotopic (exact) mass is 281 g/mol. The van der Waals surface area contributed by atoms with E-state index in [4.69, 9.17) is 0 Å². The van der Waals surface area contributed by atoms with Crippen LogP contribution in [0.4, 0.5) is 0 Å². The molecule has 2 rings (SSSR count). The Morgan fingerprint density at radius 2 is 2.32 bits per heavy atom. The lowest BCUT2D eigenvalue weighted by Crippen LogP contribution is -2.36. The fourth-order valence-corrected chi connectivity index (χ4v) is 3.47. The molecule has 108 valence electrons. The Labute approximate surface area is 121 Å². The Bertz CT molecular complexity index is 375. The third kappa shape index (κ3) is 4.86. The lowest BCUT2D eigenvalue weighted by atomic mass is 10.0. The molecule has 1 N–H and O–H groups in total. The molecule has 2 heterocycles. The van der Waals surface area contributed by atoms with E-state index in [1.54, 1.807) is 0 Å². The van der Waals surface area contributed by atoms with Crippen molar-refractivity contribution in [2.24, 2.45) is 5.92 Å². The van der Waals surface area contributed by atoms with Gasteiger partial charge in [-0.1, -0.05) is 20.3 Å². The summed E-state index contributed by atoms with van der Waals surface area (Å²) in [6, 6.07) is 0.722. The number of aromatic nitrogens is 1. The van der Waals surface area contributed by atoms with Crippen molar-refractivity contribution in [2.45, 2.75) is 59.2 Å². The van der Waals surface area contributed by atoms with Crippen molar-refractivity contribution in [3.63, 3.8) is 0 Å². The third-order valence-electron chi connectivity index (χ3n) is 3.73. The minimum absolute atomic E-state index is 0.710. The Kier molecular flexibility index (Phi) is 5.79. The summed E-state index contributed by atoms with van der Waals surface area (Å²) < 4.78 is 0. The average Bonchev–Trinajstić information content (AvgIpc) is 2.79. The highest BCUT2D eigenvalue weighted by molar-refractivity contribution is 7.11. The second-order valence-corrected chi connectivity index (χ2v) is 7.26. The van der Waals surface area contributed by atoms with Crippen LogP contribution in [-0.2, 0) is 13.1 Å². The van der Waals surface area contributed by atoms with Crippen molar-refractivity contribution in [3.05, 3.63) is 16.1 Å². The van der Waals surface area contributed by atoms with Gasteiger partial charge in [0, 0.05) is 23.7 Å². The second kappa shape index (κ2) is 7.36. The van der Waals surface area contributed by atoms with Crippen molar-refractivity contribution in [1.29, 1.82) is 0 Å². The molecule has 1 saturated heterocycles. The molecule has 1 aromatic heterocycles. The van der Waals surface area contributed by atoms with Gasteiger partial charge in [0.05, 0.1) is 6.54 Å². The van der Waals surface area contributed by atoms with Crippen LogP contribution in [0, 0.1) is 5.92 Å². The molecule has 1 unspecified atom stereocenters. The highest BCUT2D eigenvalue weighted by atomic mass is 32.1. The van der Waals surface area contributed by atoms with E-state index in [-0.39, 0.29) is 0 Å². The predicted octanol–water partition coefficient (Wildman–Crippen LogP) is 3.26. The van der Waals surface area contributed by atoms with Gasteiger partial charge in [-0.25, -0.2) is 4.98 Å². The zero-order valence-electron chi connectivity index (χ0n) is 12.5. The maximum Gasteiger partial charge on any atom is 0.107 e. The smallest absolute Gasteiger partial charge is 0.107 e. The lowest BCUT2D eigenvalue weighted by Gasteiger charge is -2.32. The third-order valence-corrected chi connectivity index (χ3v) is 4.71. The van der Waals surface area contributed by atoms with Gasteiger partial charge in [-0.2, -0.15) is 0 Å². The summed E-state index contributed by atoms with van der Waals surface area (Å²) in [5, 5.41) is 4.76. The second-order valence-electron chi connectivity index (χ2n) is 6.06. The summed E-state index contributed by atoms with van der Waals surface area (Å²) in [6.07, 6.45) is 6.12. The number of hydrogen-bond donors (Lipinski definition) is 1. The highest BCUT2D eigenvalue weighted by Gasteiger charge is 2.19. The van der Waals surface area contributed by atoms with Gasteiger partial charge in [0.2, 0.25) is 0 Å². The van der Waals surface area contributed by atoms with Gasteiger partial charge in [-0.15, -0.1) is 11.3 Å². The first-order chi connectivity index (χ1) is 9.15. The van der Waals surface area contributed by atoms with E-state index < -0.39 is 0 Å². The molecule has 0 spiro atoms. The summed E-state index contributed by atoms with van der Waals surface area (Å²) >= 11 is 1.86. The topological polar surface area (TPSA) is 28.2 Å². The number of nitrogens with one attached hydrogen (secondary N) is 1. The zero-order valence-corrected chi connectivity index (χ0v) is 13.3. The molecule has 0 aromatic carbocycles. The maximum absolute atomic E-state index is 4.58. The van der Waals surface area contributed by atoms with Crippen LogP contribution in [0.25, 0.3) is 0 Å². The van der Waals surface area contributed by atoms with E-state index in [2.05, 4.69) is 36.0 Å². The fraction of sp³-hybridized carbons (Fsp3) is 0.800. The molecule has 4 heteroatoms. The summed E-state index contributed by atoms with van der Waals surface area (Å²) in [4.78, 5) is 8.52. The SMILES string of the molecule is CC(C)CNCc1cnc(CN2CCCCC2C)s1. The van der Waals surface area contributed by atoms with E-state index in [0.29, 0.717) is 5.92 Å². The van der Waals surface area contributed by atoms with Crippen LogP contribution in [0.15, 0.2) is 6.20 Å². The van der Waals surface area contributed by atoms with Gasteiger partial charge in [0.15, 0.2) is 0 Å². The number of thiazole rings is 1. The largest absolute Gasteiger partial charge is 0.312 e. The standard InChI is InChI=1S/C15H27N3S/c1-12(2)8-16-9-14-10-17-15(19-14)11-18-7-5-4-6-13(18)3/h10,12-13,16H,4-9,11H2,1-3H3. The minimum Gasteiger partial charge on any atom is -0.312 e. The van der Waals surface area contributed by atoms with Crippen LogP contribution in [0.3, 0.4) is 0 Å². The molecule has 0 bridgehead atoms. The Hall–Kier alpha value is -0.450. The van der Waals surface area contributed by atoms with Crippen molar-refractivity contribution >= 4 is 11.3 Å². The molecule has 0 amide bonds. The normalized spacial score (nSPS) is 21.2. The summed E-state index contributed by atoms with van der Waals surface area (Å²) in [6.45, 7) is 11.1. The first kappa shape index (κ1) is 14.9. The van der Waals surface area contributed by atoms with Crippen molar-refractivity contribution < 1.29 is 0 Å². The van der Waals surface area contributed by atoms with E-state index in [9.17, 15) is 0 Å². The molecule has 1 aliphatic rings. The first-order valence-corrected chi connectivity index (χ1v) is 8.35. The molecule has 1 atom stereocenters. The molecular weight excluding hydrogens is 254 g/mol. The number of likely N-dealkylation sites (tertiary alicyclic amines) is 1. The van der Waals surface area contributed by atoms with Crippen LogP contribution < -0.4 is 5.32 Å². The molecular formula is C15H27N3S. The fourth-order valence-electron chi connectivity index (χ4n) is 2.55. The van der Waals surface area contributed by atoms with Gasteiger partial charge < -0.3 is 5.32 Å². The van der Waals surface area contributed by atoms with Crippen molar-refractivity contribution in [1.82, 2.24) is 15.2 Å². The van der Waals surface area contributed by atoms with Crippen molar-refractivity contribution in [3.8, 4) is 0 Å². The maximum atomic E-state index is 4.58. The summed E-state index contributed by atoms with van der Waals surface area (Å²) in [5.41, 5.74) is 0. The van der Waals surface area contributed by atoms with Crippen LogP contribution in [0.5, 0.6) is 0 Å². The minimum atomic E-state index is 0.710. The van der Waals surface area contributed by atoms with Crippen LogP contribution in [0.2, 0.25) is 0 Å². The van der Waals surface area contributed by atoms with E-state index in [1.807, 2.05) is 17.5 Å². The van der Waals surface area contributed by atoms with Crippen molar-refractivity contribution in [2.75, 3.05) is 13.1 Å². The zero-order chi connectivity index (χ0) is 13.7. The van der Waals surface area contributed by atoms with Gasteiger partial charge in [0.1, 0.15) is 5.01 Å². The highest BCUT2D eigenvalue weighted by Crippen LogP contribution is 2.21. The summed E-state index contributed by atoms with van der Waals surface area (Å²) in [7, 11) is 0. The molecule has 0 radical (unpaired) electrons. The summed E-state index contributed by atoms with van der Waals surface area (Å²) in [5.74, 6) is 0.710. The lowest BCUT2D eigenvalue weighted by molar-refractivity contribution is 0.152.